The van der Waals surface area contributed by atoms with E-state index < -0.39 is 23.9 Å². The molecule has 2 aromatic carbocycles. The third-order valence-corrected chi connectivity index (χ3v) is 4.22. The van der Waals surface area contributed by atoms with Crippen LogP contribution >= 0.6 is 11.6 Å². The summed E-state index contributed by atoms with van der Waals surface area (Å²) >= 11 is 5.83. The van der Waals surface area contributed by atoms with Crippen molar-refractivity contribution in [1.29, 1.82) is 0 Å². The number of carbonyl (C=O) groups is 2. The highest BCUT2D eigenvalue weighted by Gasteiger charge is 2.39. The third-order valence-electron chi connectivity index (χ3n) is 3.96. The van der Waals surface area contributed by atoms with Crippen LogP contribution in [0.2, 0.25) is 5.02 Å². The van der Waals surface area contributed by atoms with Gasteiger partial charge >= 0.3 is 6.36 Å². The number of carbonyl (C=O) groups excluding carboxylic acids is 2. The molecule has 0 aromatic heterocycles. The van der Waals surface area contributed by atoms with Crippen molar-refractivity contribution in [3.05, 3.63) is 59.1 Å². The molecule has 1 saturated heterocycles. The van der Waals surface area contributed by atoms with E-state index in [1.54, 1.807) is 24.3 Å². The lowest BCUT2D eigenvalue weighted by Gasteiger charge is -2.16. The second-order valence-electron chi connectivity index (χ2n) is 5.84. The van der Waals surface area contributed by atoms with E-state index in [4.69, 9.17) is 11.6 Å². The molecule has 1 unspecified atom stereocenters. The van der Waals surface area contributed by atoms with Gasteiger partial charge in [-0.1, -0.05) is 23.7 Å². The van der Waals surface area contributed by atoms with Gasteiger partial charge in [0.1, 0.15) is 5.75 Å². The Kier molecular flexibility index (Phi) is 4.91. The lowest BCUT2D eigenvalue weighted by Crippen LogP contribution is -2.30. The number of anilines is 1. The Labute approximate surface area is 152 Å². The first kappa shape index (κ1) is 18.3. The summed E-state index contributed by atoms with van der Waals surface area (Å²) in [6.45, 7) is 0. The number of imide groups is 1. The summed E-state index contributed by atoms with van der Waals surface area (Å²) in [6, 6.07) is 11.6. The number of amides is 2. The van der Waals surface area contributed by atoms with Gasteiger partial charge in [0.15, 0.2) is 0 Å². The monoisotopic (exact) mass is 383 g/mol. The molecule has 0 radical (unpaired) electrons. The van der Waals surface area contributed by atoms with Crippen molar-refractivity contribution >= 4 is 29.1 Å². The van der Waals surface area contributed by atoms with Crippen LogP contribution in [0.1, 0.15) is 12.0 Å². The molecular formula is C18H13ClF3NO3. The fourth-order valence-electron chi connectivity index (χ4n) is 2.83. The lowest BCUT2D eigenvalue weighted by molar-refractivity contribution is -0.274. The van der Waals surface area contributed by atoms with Gasteiger partial charge in [-0.2, -0.15) is 0 Å². The van der Waals surface area contributed by atoms with Gasteiger partial charge in [-0.25, -0.2) is 0 Å². The SMILES string of the molecule is O=C1CC(Cc2ccc(Cl)cc2)C(=O)N1c1ccc(OC(F)(F)F)cc1. The Morgan fingerprint density at radius 3 is 2.23 bits per heavy atom. The number of halogens is 4. The maximum atomic E-state index is 12.6. The molecule has 0 spiro atoms. The predicted octanol–water partition coefficient (Wildman–Crippen LogP) is 4.36. The first-order valence-corrected chi connectivity index (χ1v) is 8.08. The van der Waals surface area contributed by atoms with E-state index in [2.05, 4.69) is 4.74 Å². The number of hydrogen-bond acceptors (Lipinski definition) is 3. The highest BCUT2D eigenvalue weighted by Crippen LogP contribution is 2.31. The van der Waals surface area contributed by atoms with Crippen molar-refractivity contribution in [2.45, 2.75) is 19.2 Å². The Morgan fingerprint density at radius 1 is 1.04 bits per heavy atom. The van der Waals surface area contributed by atoms with Crippen LogP contribution in [0, 0.1) is 5.92 Å². The fraction of sp³-hybridized carbons (Fsp3) is 0.222. The van der Waals surface area contributed by atoms with E-state index >= 15 is 0 Å². The number of alkyl halides is 3. The van der Waals surface area contributed by atoms with Crippen LogP contribution in [0.25, 0.3) is 0 Å². The number of benzene rings is 2. The molecule has 1 heterocycles. The molecule has 26 heavy (non-hydrogen) atoms. The van der Waals surface area contributed by atoms with Crippen molar-refractivity contribution in [2.24, 2.45) is 5.92 Å². The van der Waals surface area contributed by atoms with Crippen molar-refractivity contribution < 1.29 is 27.5 Å². The van der Waals surface area contributed by atoms with Gasteiger partial charge in [0.05, 0.1) is 11.6 Å². The van der Waals surface area contributed by atoms with Gasteiger partial charge < -0.3 is 4.74 Å². The van der Waals surface area contributed by atoms with Crippen LogP contribution in [-0.2, 0) is 16.0 Å². The Balaban J connectivity index is 1.73. The van der Waals surface area contributed by atoms with Crippen LogP contribution < -0.4 is 9.64 Å². The highest BCUT2D eigenvalue weighted by atomic mass is 35.5. The summed E-state index contributed by atoms with van der Waals surface area (Å²) in [5.41, 5.74) is 1.09. The molecule has 8 heteroatoms. The van der Waals surface area contributed by atoms with E-state index in [-0.39, 0.29) is 18.0 Å². The minimum atomic E-state index is -4.80. The molecule has 1 atom stereocenters. The largest absolute Gasteiger partial charge is 0.573 e. The Hall–Kier alpha value is -2.54. The van der Waals surface area contributed by atoms with Crippen LogP contribution in [-0.4, -0.2) is 18.2 Å². The maximum absolute atomic E-state index is 12.6. The normalized spacial score (nSPS) is 17.7. The smallest absolute Gasteiger partial charge is 0.406 e. The van der Waals surface area contributed by atoms with Crippen molar-refractivity contribution in [3.8, 4) is 5.75 Å². The van der Waals surface area contributed by atoms with E-state index in [0.29, 0.717) is 11.4 Å². The van der Waals surface area contributed by atoms with Gasteiger partial charge in [-0.05, 0) is 48.4 Å². The molecule has 2 amide bonds. The average Bonchev–Trinajstić information content (AvgIpc) is 2.83. The summed E-state index contributed by atoms with van der Waals surface area (Å²) in [4.78, 5) is 25.8. The van der Waals surface area contributed by atoms with Gasteiger partial charge in [-0.15, -0.1) is 13.2 Å². The summed E-state index contributed by atoms with van der Waals surface area (Å²) < 4.78 is 40.4. The summed E-state index contributed by atoms with van der Waals surface area (Å²) in [6.07, 6.45) is -4.37. The topological polar surface area (TPSA) is 46.6 Å². The molecule has 2 aromatic rings. The van der Waals surface area contributed by atoms with Gasteiger partial charge in [0.25, 0.3) is 0 Å². The zero-order valence-corrected chi connectivity index (χ0v) is 14.1. The number of nitrogens with zero attached hydrogens (tertiary/aromatic N) is 1. The quantitative estimate of drug-likeness (QED) is 0.737. The van der Waals surface area contributed by atoms with Gasteiger partial charge in [0.2, 0.25) is 11.8 Å². The molecule has 4 nitrogen and oxygen atoms in total. The summed E-state index contributed by atoms with van der Waals surface area (Å²) in [7, 11) is 0. The second-order valence-corrected chi connectivity index (χ2v) is 6.28. The highest BCUT2D eigenvalue weighted by molar-refractivity contribution is 6.30. The molecule has 0 saturated carbocycles. The molecule has 1 aliphatic rings. The molecule has 0 bridgehead atoms. The zero-order chi connectivity index (χ0) is 18.9. The molecule has 0 N–H and O–H groups in total. The number of hydrogen-bond donors (Lipinski definition) is 0. The summed E-state index contributed by atoms with van der Waals surface area (Å²) in [5.74, 6) is -1.71. The van der Waals surface area contributed by atoms with Crippen molar-refractivity contribution in [2.75, 3.05) is 4.90 Å². The van der Waals surface area contributed by atoms with Gasteiger partial charge in [-0.3, -0.25) is 14.5 Å². The van der Waals surface area contributed by atoms with Crippen molar-refractivity contribution in [1.82, 2.24) is 0 Å². The van der Waals surface area contributed by atoms with Gasteiger partial charge in [0, 0.05) is 11.4 Å². The fourth-order valence-corrected chi connectivity index (χ4v) is 2.95. The molecular weight excluding hydrogens is 371 g/mol. The molecule has 1 aliphatic heterocycles. The summed E-state index contributed by atoms with van der Waals surface area (Å²) in [5, 5.41) is 0.574. The Bertz CT molecular complexity index is 819. The molecule has 3 rings (SSSR count). The van der Waals surface area contributed by atoms with Crippen LogP contribution in [0.4, 0.5) is 18.9 Å². The molecule has 136 valence electrons. The van der Waals surface area contributed by atoms with E-state index in [1.165, 1.54) is 12.1 Å². The second kappa shape index (κ2) is 6.99. The minimum Gasteiger partial charge on any atom is -0.406 e. The predicted molar refractivity (Wildman–Crippen MR) is 88.9 cm³/mol. The van der Waals surface area contributed by atoms with Crippen LogP contribution in [0.15, 0.2) is 48.5 Å². The average molecular weight is 384 g/mol. The first-order valence-electron chi connectivity index (χ1n) is 7.70. The van der Waals surface area contributed by atoms with Crippen LogP contribution in [0.5, 0.6) is 5.75 Å². The molecule has 0 aliphatic carbocycles. The van der Waals surface area contributed by atoms with E-state index in [1.807, 2.05) is 0 Å². The number of rotatable bonds is 4. The number of ether oxygens (including phenoxy) is 1. The van der Waals surface area contributed by atoms with Crippen molar-refractivity contribution in [3.63, 3.8) is 0 Å². The third kappa shape index (κ3) is 4.16. The zero-order valence-electron chi connectivity index (χ0n) is 13.3. The standard InChI is InChI=1S/C18H13ClF3NO3/c19-13-3-1-11(2-4-13)9-12-10-16(24)23(17(12)25)14-5-7-15(8-6-14)26-18(20,21)22/h1-8,12H,9-10H2. The minimum absolute atomic E-state index is 0.0439. The molecule has 1 fully saturated rings. The van der Waals surface area contributed by atoms with E-state index in [9.17, 15) is 22.8 Å². The Morgan fingerprint density at radius 2 is 1.65 bits per heavy atom. The lowest BCUT2D eigenvalue weighted by atomic mass is 9.98. The van der Waals surface area contributed by atoms with E-state index in [0.717, 1.165) is 22.6 Å². The first-order chi connectivity index (χ1) is 12.2. The van der Waals surface area contributed by atoms with Crippen LogP contribution in [0.3, 0.4) is 0 Å². The maximum Gasteiger partial charge on any atom is 0.573 e.